The Balaban J connectivity index is 1.90. The van der Waals surface area contributed by atoms with Gasteiger partial charge in [-0.15, -0.1) is 0 Å². The van der Waals surface area contributed by atoms with Crippen LogP contribution in [-0.2, 0) is 9.53 Å². The average molecular weight is 318 g/mol. The van der Waals surface area contributed by atoms with Gasteiger partial charge < -0.3 is 15.4 Å². The Hall–Kier alpha value is -1.88. The Morgan fingerprint density at radius 2 is 2.09 bits per heavy atom. The number of hydrogen-bond acceptors (Lipinski definition) is 3. The first-order valence-corrected chi connectivity index (χ1v) is 8.49. The molecule has 23 heavy (non-hydrogen) atoms. The number of para-hydroxylation sites is 1. The summed E-state index contributed by atoms with van der Waals surface area (Å²) in [5.41, 5.74) is 1.06. The second-order valence-corrected chi connectivity index (χ2v) is 5.90. The fourth-order valence-corrected chi connectivity index (χ4v) is 2.65. The van der Waals surface area contributed by atoms with Crippen LogP contribution in [0.15, 0.2) is 24.3 Å². The summed E-state index contributed by atoms with van der Waals surface area (Å²) < 4.78 is 5.50. The van der Waals surface area contributed by atoms with Crippen molar-refractivity contribution in [3.05, 3.63) is 29.8 Å². The van der Waals surface area contributed by atoms with Crippen molar-refractivity contribution in [1.82, 2.24) is 5.32 Å². The van der Waals surface area contributed by atoms with Crippen LogP contribution in [-0.4, -0.2) is 31.1 Å². The van der Waals surface area contributed by atoms with Gasteiger partial charge in [-0.3, -0.25) is 9.59 Å². The number of nitrogens with one attached hydrogen (secondary N) is 2. The predicted molar refractivity (Wildman–Crippen MR) is 90.5 cm³/mol. The monoisotopic (exact) mass is 318 g/mol. The number of ether oxygens (including phenoxy) is 1. The van der Waals surface area contributed by atoms with Crippen LogP contribution < -0.4 is 10.6 Å². The minimum absolute atomic E-state index is 0.0437. The highest BCUT2D eigenvalue weighted by atomic mass is 16.5. The highest BCUT2D eigenvalue weighted by Crippen LogP contribution is 2.16. The zero-order valence-electron chi connectivity index (χ0n) is 13.8. The van der Waals surface area contributed by atoms with E-state index < -0.39 is 0 Å². The van der Waals surface area contributed by atoms with Crippen LogP contribution >= 0.6 is 0 Å². The zero-order chi connectivity index (χ0) is 16.5. The van der Waals surface area contributed by atoms with E-state index in [-0.39, 0.29) is 17.9 Å². The van der Waals surface area contributed by atoms with Gasteiger partial charge in [0.2, 0.25) is 5.91 Å². The van der Waals surface area contributed by atoms with Gasteiger partial charge in [0.15, 0.2) is 0 Å². The predicted octanol–water partition coefficient (Wildman–Crippen LogP) is 3.11. The van der Waals surface area contributed by atoms with E-state index in [4.69, 9.17) is 4.74 Å². The molecule has 1 aliphatic rings. The summed E-state index contributed by atoms with van der Waals surface area (Å²) in [5, 5.41) is 5.74. The fourth-order valence-electron chi connectivity index (χ4n) is 2.65. The summed E-state index contributed by atoms with van der Waals surface area (Å²) in [4.78, 5) is 24.3. The maximum Gasteiger partial charge on any atom is 0.253 e. The Kier molecular flexibility index (Phi) is 7.07. The van der Waals surface area contributed by atoms with Crippen molar-refractivity contribution in [3.8, 4) is 0 Å². The highest BCUT2D eigenvalue weighted by Gasteiger charge is 2.18. The van der Waals surface area contributed by atoms with E-state index in [1.807, 2.05) is 6.07 Å². The Bertz CT molecular complexity index is 525. The van der Waals surface area contributed by atoms with E-state index in [2.05, 4.69) is 17.6 Å². The molecule has 1 saturated heterocycles. The molecule has 0 spiro atoms. The fraction of sp³-hybridized carbons (Fsp3) is 0.556. The second kappa shape index (κ2) is 9.30. The molecule has 2 N–H and O–H groups in total. The molecule has 1 aromatic carbocycles. The van der Waals surface area contributed by atoms with Gasteiger partial charge in [0.05, 0.1) is 17.4 Å². The third-order valence-corrected chi connectivity index (χ3v) is 3.97. The first kappa shape index (κ1) is 17.5. The summed E-state index contributed by atoms with van der Waals surface area (Å²) >= 11 is 0. The van der Waals surface area contributed by atoms with Crippen molar-refractivity contribution >= 4 is 17.5 Å². The van der Waals surface area contributed by atoms with Crippen molar-refractivity contribution in [2.45, 2.75) is 51.6 Å². The molecule has 1 atom stereocenters. The number of rotatable bonds is 8. The molecule has 2 rings (SSSR count). The Morgan fingerprint density at radius 3 is 2.83 bits per heavy atom. The zero-order valence-corrected chi connectivity index (χ0v) is 13.8. The number of hydrogen-bond donors (Lipinski definition) is 2. The van der Waals surface area contributed by atoms with Crippen LogP contribution in [0.1, 0.15) is 55.8 Å². The largest absolute Gasteiger partial charge is 0.376 e. The molecule has 1 unspecified atom stereocenters. The maximum atomic E-state index is 12.3. The van der Waals surface area contributed by atoms with Gasteiger partial charge in [0.25, 0.3) is 5.91 Å². The molecule has 126 valence electrons. The first-order valence-electron chi connectivity index (χ1n) is 8.49. The van der Waals surface area contributed by atoms with Gasteiger partial charge in [0.1, 0.15) is 0 Å². The summed E-state index contributed by atoms with van der Waals surface area (Å²) in [6.07, 6.45) is 5.61. The third-order valence-electron chi connectivity index (χ3n) is 3.97. The molecule has 0 aliphatic carbocycles. The SMILES string of the molecule is CCCCCC(=O)Nc1ccccc1C(=O)NCC1CCCO1. The molecule has 0 aromatic heterocycles. The van der Waals surface area contributed by atoms with Crippen LogP contribution in [0.25, 0.3) is 0 Å². The van der Waals surface area contributed by atoms with E-state index in [0.29, 0.717) is 24.2 Å². The van der Waals surface area contributed by atoms with Crippen molar-refractivity contribution in [2.75, 3.05) is 18.5 Å². The number of benzene rings is 1. The van der Waals surface area contributed by atoms with E-state index in [0.717, 1.165) is 38.7 Å². The van der Waals surface area contributed by atoms with E-state index in [1.165, 1.54) is 0 Å². The lowest BCUT2D eigenvalue weighted by Gasteiger charge is -2.13. The molecular weight excluding hydrogens is 292 g/mol. The number of amides is 2. The number of carbonyl (C=O) groups is 2. The standard InChI is InChI=1S/C18H26N2O3/c1-2-3-4-11-17(21)20-16-10-6-5-9-15(16)18(22)19-13-14-8-7-12-23-14/h5-6,9-10,14H,2-4,7-8,11-13H2,1H3,(H,19,22)(H,20,21). The highest BCUT2D eigenvalue weighted by molar-refractivity contribution is 6.03. The van der Waals surface area contributed by atoms with Crippen LogP contribution in [0.3, 0.4) is 0 Å². The summed E-state index contributed by atoms with van der Waals surface area (Å²) in [7, 11) is 0. The van der Waals surface area contributed by atoms with Crippen LogP contribution in [0, 0.1) is 0 Å². The van der Waals surface area contributed by atoms with Crippen LogP contribution in [0.4, 0.5) is 5.69 Å². The molecule has 1 aromatic rings. The topological polar surface area (TPSA) is 67.4 Å². The van der Waals surface area contributed by atoms with Crippen molar-refractivity contribution in [1.29, 1.82) is 0 Å². The molecule has 0 bridgehead atoms. The van der Waals surface area contributed by atoms with Gasteiger partial charge in [-0.1, -0.05) is 31.9 Å². The molecule has 5 heteroatoms. The van der Waals surface area contributed by atoms with E-state index in [1.54, 1.807) is 18.2 Å². The van der Waals surface area contributed by atoms with E-state index in [9.17, 15) is 9.59 Å². The first-order chi connectivity index (χ1) is 11.2. The number of carbonyl (C=O) groups excluding carboxylic acids is 2. The van der Waals surface area contributed by atoms with Crippen LogP contribution in [0.2, 0.25) is 0 Å². The summed E-state index contributed by atoms with van der Waals surface area (Å²) in [6, 6.07) is 7.11. The molecule has 1 aliphatic heterocycles. The average Bonchev–Trinajstić information content (AvgIpc) is 3.07. The minimum atomic E-state index is -0.176. The molecule has 1 heterocycles. The van der Waals surface area contributed by atoms with E-state index >= 15 is 0 Å². The molecule has 5 nitrogen and oxygen atoms in total. The lowest BCUT2D eigenvalue weighted by atomic mass is 10.1. The van der Waals surface area contributed by atoms with Gasteiger partial charge >= 0.3 is 0 Å². The van der Waals surface area contributed by atoms with Gasteiger partial charge in [-0.05, 0) is 31.4 Å². The second-order valence-electron chi connectivity index (χ2n) is 5.90. The maximum absolute atomic E-state index is 12.3. The van der Waals surface area contributed by atoms with Gasteiger partial charge in [-0.25, -0.2) is 0 Å². The van der Waals surface area contributed by atoms with Crippen molar-refractivity contribution in [2.24, 2.45) is 0 Å². The normalized spacial score (nSPS) is 17.0. The Morgan fingerprint density at radius 1 is 1.26 bits per heavy atom. The Labute approximate surface area is 137 Å². The minimum Gasteiger partial charge on any atom is -0.376 e. The molecule has 2 amide bonds. The van der Waals surface area contributed by atoms with Crippen molar-refractivity contribution < 1.29 is 14.3 Å². The molecule has 1 fully saturated rings. The molecular formula is C18H26N2O3. The van der Waals surface area contributed by atoms with Crippen LogP contribution in [0.5, 0.6) is 0 Å². The van der Waals surface area contributed by atoms with Gasteiger partial charge in [-0.2, -0.15) is 0 Å². The lowest BCUT2D eigenvalue weighted by molar-refractivity contribution is -0.116. The lowest BCUT2D eigenvalue weighted by Crippen LogP contribution is -2.32. The molecule has 0 saturated carbocycles. The summed E-state index contributed by atoms with van der Waals surface area (Å²) in [6.45, 7) is 3.38. The molecule has 0 radical (unpaired) electrons. The van der Waals surface area contributed by atoms with Gasteiger partial charge in [0, 0.05) is 19.6 Å². The third kappa shape index (κ3) is 5.67. The smallest absolute Gasteiger partial charge is 0.253 e. The number of unbranched alkanes of at least 4 members (excludes halogenated alkanes) is 2. The number of anilines is 1. The van der Waals surface area contributed by atoms with Crippen molar-refractivity contribution in [3.63, 3.8) is 0 Å². The summed E-state index contributed by atoms with van der Waals surface area (Å²) in [5.74, 6) is -0.220. The quantitative estimate of drug-likeness (QED) is 0.724.